The fraction of sp³-hybridized carbons (Fsp3) is 0.350. The normalized spacial score (nSPS) is 17.8. The standard InChI is InChI=1S/C20H22N4O4S2/c1-14-17(7-9-28-14)19-22-23-20(24(19)11-15-5-3-2-4-6-15)29-12-18(25)21-16-8-10-30(26,27)13-16/h2-7,9,16H,8,10-13H2,1H3,(H,21,25)/t16-/m1/s1. The Morgan fingerprint density at radius 3 is 2.73 bits per heavy atom. The van der Waals surface area contributed by atoms with Gasteiger partial charge in [0, 0.05) is 6.04 Å². The van der Waals surface area contributed by atoms with Gasteiger partial charge in [-0.25, -0.2) is 8.42 Å². The molecule has 0 spiro atoms. The van der Waals surface area contributed by atoms with Gasteiger partial charge in [-0.2, -0.15) is 0 Å². The van der Waals surface area contributed by atoms with Crippen LogP contribution < -0.4 is 5.32 Å². The second-order valence-electron chi connectivity index (χ2n) is 7.22. The summed E-state index contributed by atoms with van der Waals surface area (Å²) in [4.78, 5) is 12.3. The average Bonchev–Trinajstić information content (AvgIpc) is 3.40. The molecule has 3 heterocycles. The summed E-state index contributed by atoms with van der Waals surface area (Å²) in [6.07, 6.45) is 2.08. The molecular weight excluding hydrogens is 424 g/mol. The molecule has 158 valence electrons. The molecule has 10 heteroatoms. The number of nitrogens with zero attached hydrogens (tertiary/aromatic N) is 3. The van der Waals surface area contributed by atoms with Crippen LogP contribution in [-0.4, -0.2) is 52.4 Å². The van der Waals surface area contributed by atoms with Crippen molar-refractivity contribution in [2.75, 3.05) is 17.3 Å². The first-order valence-electron chi connectivity index (χ1n) is 9.55. The molecule has 1 fully saturated rings. The summed E-state index contributed by atoms with van der Waals surface area (Å²) in [5.74, 6) is 1.48. The van der Waals surface area contributed by atoms with E-state index in [9.17, 15) is 13.2 Å². The Hall–Kier alpha value is -2.59. The number of benzene rings is 1. The number of amides is 1. The second-order valence-corrected chi connectivity index (χ2v) is 10.4. The zero-order chi connectivity index (χ0) is 21.1. The molecule has 0 bridgehead atoms. The Balaban J connectivity index is 1.50. The summed E-state index contributed by atoms with van der Waals surface area (Å²) < 4.78 is 30.5. The van der Waals surface area contributed by atoms with Gasteiger partial charge < -0.3 is 9.73 Å². The predicted molar refractivity (Wildman–Crippen MR) is 114 cm³/mol. The minimum Gasteiger partial charge on any atom is -0.469 e. The van der Waals surface area contributed by atoms with Crippen LogP contribution in [0.4, 0.5) is 0 Å². The summed E-state index contributed by atoms with van der Waals surface area (Å²) in [7, 11) is -3.03. The molecule has 4 rings (SSSR count). The first-order valence-corrected chi connectivity index (χ1v) is 12.4. The molecule has 0 aliphatic carbocycles. The lowest BCUT2D eigenvalue weighted by Gasteiger charge is -2.12. The lowest BCUT2D eigenvalue weighted by Crippen LogP contribution is -2.36. The molecule has 1 atom stereocenters. The van der Waals surface area contributed by atoms with E-state index in [1.54, 1.807) is 6.26 Å². The van der Waals surface area contributed by atoms with Gasteiger partial charge in [0.05, 0.1) is 35.6 Å². The van der Waals surface area contributed by atoms with Gasteiger partial charge in [-0.3, -0.25) is 9.36 Å². The molecule has 1 saturated heterocycles. The number of carbonyl (C=O) groups is 1. The van der Waals surface area contributed by atoms with Crippen LogP contribution in [0.25, 0.3) is 11.4 Å². The van der Waals surface area contributed by atoms with Crippen molar-refractivity contribution < 1.29 is 17.6 Å². The van der Waals surface area contributed by atoms with Gasteiger partial charge >= 0.3 is 0 Å². The van der Waals surface area contributed by atoms with Crippen molar-refractivity contribution in [3.05, 3.63) is 54.0 Å². The largest absolute Gasteiger partial charge is 0.469 e. The number of sulfone groups is 1. The Kier molecular flexibility index (Phi) is 5.96. The number of aromatic nitrogens is 3. The minimum absolute atomic E-state index is 0.0114. The van der Waals surface area contributed by atoms with E-state index in [4.69, 9.17) is 4.42 Å². The summed E-state index contributed by atoms with van der Waals surface area (Å²) in [6.45, 7) is 2.42. The average molecular weight is 447 g/mol. The number of carbonyl (C=O) groups excluding carboxylic acids is 1. The van der Waals surface area contributed by atoms with Crippen molar-refractivity contribution in [2.45, 2.75) is 31.1 Å². The fourth-order valence-electron chi connectivity index (χ4n) is 3.43. The van der Waals surface area contributed by atoms with E-state index >= 15 is 0 Å². The molecule has 0 saturated carbocycles. The van der Waals surface area contributed by atoms with E-state index in [0.29, 0.717) is 23.9 Å². The summed E-state index contributed by atoms with van der Waals surface area (Å²) in [5, 5.41) is 12.1. The van der Waals surface area contributed by atoms with E-state index in [-0.39, 0.29) is 29.2 Å². The monoisotopic (exact) mass is 446 g/mol. The molecule has 0 unspecified atom stereocenters. The van der Waals surface area contributed by atoms with Crippen molar-refractivity contribution in [1.29, 1.82) is 0 Å². The molecule has 2 aromatic heterocycles. The maximum atomic E-state index is 12.3. The van der Waals surface area contributed by atoms with Crippen molar-refractivity contribution in [3.8, 4) is 11.4 Å². The van der Waals surface area contributed by atoms with Crippen molar-refractivity contribution >= 4 is 27.5 Å². The van der Waals surface area contributed by atoms with E-state index in [1.165, 1.54) is 11.8 Å². The molecule has 1 amide bonds. The summed E-state index contributed by atoms with van der Waals surface area (Å²) >= 11 is 1.28. The first kappa shape index (κ1) is 20.7. The third-order valence-corrected chi connectivity index (χ3v) is 7.66. The zero-order valence-corrected chi connectivity index (χ0v) is 18.1. The molecular formula is C20H22N4O4S2. The van der Waals surface area contributed by atoms with E-state index < -0.39 is 9.84 Å². The number of hydrogen-bond acceptors (Lipinski definition) is 7. The van der Waals surface area contributed by atoms with Crippen LogP contribution in [0.3, 0.4) is 0 Å². The molecule has 1 N–H and O–H groups in total. The maximum Gasteiger partial charge on any atom is 0.230 e. The molecule has 3 aromatic rings. The van der Waals surface area contributed by atoms with Gasteiger partial charge in [0.2, 0.25) is 5.91 Å². The maximum absolute atomic E-state index is 12.3. The van der Waals surface area contributed by atoms with E-state index in [2.05, 4.69) is 15.5 Å². The van der Waals surface area contributed by atoms with Crippen LogP contribution >= 0.6 is 11.8 Å². The molecule has 8 nitrogen and oxygen atoms in total. The highest BCUT2D eigenvalue weighted by atomic mass is 32.2. The Labute approximate surface area is 179 Å². The third-order valence-electron chi connectivity index (χ3n) is 4.93. The van der Waals surface area contributed by atoms with Crippen molar-refractivity contribution in [3.63, 3.8) is 0 Å². The SMILES string of the molecule is Cc1occc1-c1nnc(SCC(=O)N[C@@H]2CCS(=O)(=O)C2)n1Cc1ccccc1. The second kappa shape index (κ2) is 8.65. The highest BCUT2D eigenvalue weighted by Crippen LogP contribution is 2.28. The lowest BCUT2D eigenvalue weighted by molar-refractivity contribution is -0.119. The van der Waals surface area contributed by atoms with Gasteiger partial charge in [-0.05, 0) is 25.0 Å². The van der Waals surface area contributed by atoms with Gasteiger partial charge in [0.25, 0.3) is 0 Å². The molecule has 1 aromatic carbocycles. The van der Waals surface area contributed by atoms with Crippen LogP contribution in [-0.2, 0) is 21.2 Å². The number of furan rings is 1. The summed E-state index contributed by atoms with van der Waals surface area (Å²) in [5.41, 5.74) is 1.94. The van der Waals surface area contributed by atoms with Crippen molar-refractivity contribution in [2.24, 2.45) is 0 Å². The quantitative estimate of drug-likeness (QED) is 0.555. The summed E-state index contributed by atoms with van der Waals surface area (Å²) in [6, 6.07) is 11.5. The van der Waals surface area contributed by atoms with Crippen molar-refractivity contribution in [1.82, 2.24) is 20.1 Å². The van der Waals surface area contributed by atoms with Crippen LogP contribution in [0.5, 0.6) is 0 Å². The van der Waals surface area contributed by atoms with Gasteiger partial charge in [-0.1, -0.05) is 42.1 Å². The van der Waals surface area contributed by atoms with Gasteiger partial charge in [0.1, 0.15) is 5.76 Å². The highest BCUT2D eigenvalue weighted by Gasteiger charge is 2.29. The van der Waals surface area contributed by atoms with E-state index in [1.807, 2.05) is 47.9 Å². The highest BCUT2D eigenvalue weighted by molar-refractivity contribution is 7.99. The van der Waals surface area contributed by atoms with Crippen LogP contribution in [0.2, 0.25) is 0 Å². The number of hydrogen-bond donors (Lipinski definition) is 1. The predicted octanol–water partition coefficient (Wildman–Crippen LogP) is 2.29. The van der Waals surface area contributed by atoms with Crippen LogP contribution in [0.1, 0.15) is 17.7 Å². The van der Waals surface area contributed by atoms with Crippen LogP contribution in [0.15, 0.2) is 52.2 Å². The Bertz CT molecular complexity index is 1140. The first-order chi connectivity index (χ1) is 14.4. The molecule has 1 aliphatic rings. The Morgan fingerprint density at radius 2 is 2.07 bits per heavy atom. The number of thioether (sulfide) groups is 1. The smallest absolute Gasteiger partial charge is 0.230 e. The lowest BCUT2D eigenvalue weighted by atomic mass is 10.2. The van der Waals surface area contributed by atoms with Crippen LogP contribution in [0, 0.1) is 6.92 Å². The van der Waals surface area contributed by atoms with Gasteiger partial charge in [-0.15, -0.1) is 10.2 Å². The third kappa shape index (κ3) is 4.76. The molecule has 1 aliphatic heterocycles. The topological polar surface area (TPSA) is 107 Å². The Morgan fingerprint density at radius 1 is 1.27 bits per heavy atom. The number of aryl methyl sites for hydroxylation is 1. The number of nitrogens with one attached hydrogen (secondary N) is 1. The van der Waals surface area contributed by atoms with E-state index in [0.717, 1.165) is 16.9 Å². The fourth-order valence-corrected chi connectivity index (χ4v) is 5.85. The van der Waals surface area contributed by atoms with Gasteiger partial charge in [0.15, 0.2) is 20.8 Å². The zero-order valence-electron chi connectivity index (χ0n) is 16.4. The minimum atomic E-state index is -3.03. The number of rotatable bonds is 7. The molecule has 30 heavy (non-hydrogen) atoms. The molecule has 0 radical (unpaired) electrons.